The van der Waals surface area contributed by atoms with E-state index in [4.69, 9.17) is 19.5 Å². The molecule has 0 heterocycles. The number of hydrogen-bond acceptors (Lipinski definition) is 5. The molecule has 0 N–H and O–H groups in total. The Labute approximate surface area is 118 Å². The summed E-state index contributed by atoms with van der Waals surface area (Å²) in [6, 6.07) is 7.05. The van der Waals surface area contributed by atoms with Gasteiger partial charge in [0.25, 0.3) is 0 Å². The summed E-state index contributed by atoms with van der Waals surface area (Å²) in [7, 11) is 3.07. The Kier molecular flexibility index (Phi) is 5.60. The zero-order valence-corrected chi connectivity index (χ0v) is 12.0. The van der Waals surface area contributed by atoms with Gasteiger partial charge in [-0.1, -0.05) is 0 Å². The molecule has 0 aromatic heterocycles. The van der Waals surface area contributed by atoms with E-state index in [2.05, 4.69) is 0 Å². The van der Waals surface area contributed by atoms with Crippen molar-refractivity contribution in [3.63, 3.8) is 0 Å². The number of methoxy groups -OCH3 is 2. The number of benzene rings is 1. The van der Waals surface area contributed by atoms with Crippen LogP contribution in [0.4, 0.5) is 0 Å². The highest BCUT2D eigenvalue weighted by Gasteiger charge is 2.17. The van der Waals surface area contributed by atoms with E-state index in [0.29, 0.717) is 22.6 Å². The van der Waals surface area contributed by atoms with Gasteiger partial charge in [0.15, 0.2) is 0 Å². The standard InChI is InChI=1S/C15H17NO4/c1-5-20-15(17)13(9-16)10(2)12-7-6-11(18-3)8-14(12)19-4/h6-8H,5H2,1-4H3/b13-10+. The van der Waals surface area contributed by atoms with E-state index >= 15 is 0 Å². The summed E-state index contributed by atoms with van der Waals surface area (Å²) in [6.07, 6.45) is 0. The molecule has 0 fully saturated rings. The fourth-order valence-electron chi connectivity index (χ4n) is 1.73. The van der Waals surface area contributed by atoms with Crippen LogP contribution in [0.2, 0.25) is 0 Å². The third-order valence-electron chi connectivity index (χ3n) is 2.78. The first kappa shape index (κ1) is 15.6. The van der Waals surface area contributed by atoms with Crippen LogP contribution in [-0.2, 0) is 9.53 Å². The Morgan fingerprint density at radius 3 is 2.50 bits per heavy atom. The van der Waals surface area contributed by atoms with Gasteiger partial charge < -0.3 is 14.2 Å². The van der Waals surface area contributed by atoms with Crippen molar-refractivity contribution in [2.75, 3.05) is 20.8 Å². The smallest absolute Gasteiger partial charge is 0.349 e. The molecule has 0 aliphatic carbocycles. The fourth-order valence-corrected chi connectivity index (χ4v) is 1.73. The Balaban J connectivity index is 3.34. The highest BCUT2D eigenvalue weighted by atomic mass is 16.5. The van der Waals surface area contributed by atoms with Crippen LogP contribution in [0.1, 0.15) is 19.4 Å². The average Bonchev–Trinajstić information content (AvgIpc) is 2.47. The van der Waals surface area contributed by atoms with Gasteiger partial charge in [-0.25, -0.2) is 4.79 Å². The number of nitriles is 1. The van der Waals surface area contributed by atoms with Crippen molar-refractivity contribution in [2.45, 2.75) is 13.8 Å². The molecule has 0 unspecified atom stereocenters. The zero-order chi connectivity index (χ0) is 15.1. The first-order valence-corrected chi connectivity index (χ1v) is 6.09. The SMILES string of the molecule is CCOC(=O)/C(C#N)=C(\C)c1ccc(OC)cc1OC. The first-order valence-electron chi connectivity index (χ1n) is 6.09. The van der Waals surface area contributed by atoms with Crippen molar-refractivity contribution in [2.24, 2.45) is 0 Å². The molecule has 20 heavy (non-hydrogen) atoms. The van der Waals surface area contributed by atoms with Gasteiger partial charge in [-0.2, -0.15) is 5.26 Å². The minimum Gasteiger partial charge on any atom is -0.497 e. The van der Waals surface area contributed by atoms with Gasteiger partial charge in [0.2, 0.25) is 0 Å². The summed E-state index contributed by atoms with van der Waals surface area (Å²) in [4.78, 5) is 11.7. The second-order valence-corrected chi connectivity index (χ2v) is 3.90. The minimum absolute atomic E-state index is 0.0321. The number of ether oxygens (including phenoxy) is 3. The van der Waals surface area contributed by atoms with Gasteiger partial charge in [0.1, 0.15) is 23.1 Å². The summed E-state index contributed by atoms with van der Waals surface area (Å²) in [6.45, 7) is 3.59. The maximum Gasteiger partial charge on any atom is 0.349 e. The number of allylic oxidation sites excluding steroid dienone is 1. The molecule has 0 amide bonds. The first-order chi connectivity index (χ1) is 9.58. The van der Waals surface area contributed by atoms with Crippen molar-refractivity contribution < 1.29 is 19.0 Å². The normalized spacial score (nSPS) is 11.2. The third kappa shape index (κ3) is 3.29. The predicted molar refractivity (Wildman–Crippen MR) is 74.4 cm³/mol. The Morgan fingerprint density at radius 2 is 2.00 bits per heavy atom. The number of hydrogen-bond donors (Lipinski definition) is 0. The van der Waals surface area contributed by atoms with Crippen LogP contribution in [0.15, 0.2) is 23.8 Å². The van der Waals surface area contributed by atoms with E-state index in [1.54, 1.807) is 39.2 Å². The zero-order valence-electron chi connectivity index (χ0n) is 12.0. The Bertz CT molecular complexity index is 570. The molecule has 0 atom stereocenters. The lowest BCUT2D eigenvalue weighted by Gasteiger charge is -2.12. The van der Waals surface area contributed by atoms with Crippen LogP contribution in [0, 0.1) is 11.3 Å². The van der Waals surface area contributed by atoms with E-state index in [-0.39, 0.29) is 12.2 Å². The number of carbonyl (C=O) groups excluding carboxylic acids is 1. The molecular weight excluding hydrogens is 258 g/mol. The molecule has 0 spiro atoms. The van der Waals surface area contributed by atoms with Crippen molar-refractivity contribution in [1.29, 1.82) is 5.26 Å². The summed E-state index contributed by atoms with van der Waals surface area (Å²) in [5.41, 5.74) is 1.12. The lowest BCUT2D eigenvalue weighted by atomic mass is 10.0. The number of nitrogens with zero attached hydrogens (tertiary/aromatic N) is 1. The monoisotopic (exact) mass is 275 g/mol. The van der Waals surface area contributed by atoms with Crippen molar-refractivity contribution in [1.82, 2.24) is 0 Å². The molecule has 106 valence electrons. The van der Waals surface area contributed by atoms with Gasteiger partial charge in [-0.05, 0) is 31.6 Å². The highest BCUT2D eigenvalue weighted by Crippen LogP contribution is 2.31. The summed E-state index contributed by atoms with van der Waals surface area (Å²) in [5.74, 6) is 0.525. The van der Waals surface area contributed by atoms with Crippen LogP contribution in [0.5, 0.6) is 11.5 Å². The van der Waals surface area contributed by atoms with Gasteiger partial charge in [-0.3, -0.25) is 0 Å². The van der Waals surface area contributed by atoms with E-state index < -0.39 is 5.97 Å². The highest BCUT2D eigenvalue weighted by molar-refractivity contribution is 6.01. The summed E-state index contributed by atoms with van der Waals surface area (Å²) >= 11 is 0. The van der Waals surface area contributed by atoms with Crippen LogP contribution in [-0.4, -0.2) is 26.8 Å². The molecule has 5 heteroatoms. The Morgan fingerprint density at radius 1 is 1.30 bits per heavy atom. The molecule has 1 aromatic carbocycles. The Hall–Kier alpha value is -2.48. The lowest BCUT2D eigenvalue weighted by molar-refractivity contribution is -0.137. The van der Waals surface area contributed by atoms with Crippen LogP contribution in [0.25, 0.3) is 5.57 Å². The maximum atomic E-state index is 11.7. The van der Waals surface area contributed by atoms with Gasteiger partial charge in [-0.15, -0.1) is 0 Å². The predicted octanol–water partition coefficient (Wildman–Crippen LogP) is 2.56. The number of carbonyl (C=O) groups is 1. The van der Waals surface area contributed by atoms with Crippen molar-refractivity contribution >= 4 is 11.5 Å². The van der Waals surface area contributed by atoms with E-state index in [0.717, 1.165) is 0 Å². The van der Waals surface area contributed by atoms with E-state index in [9.17, 15) is 4.79 Å². The van der Waals surface area contributed by atoms with Crippen LogP contribution in [0.3, 0.4) is 0 Å². The topological polar surface area (TPSA) is 68.6 Å². The minimum atomic E-state index is -0.634. The largest absolute Gasteiger partial charge is 0.497 e. The fraction of sp³-hybridized carbons (Fsp3) is 0.333. The number of esters is 1. The van der Waals surface area contributed by atoms with Crippen LogP contribution >= 0.6 is 0 Å². The molecule has 0 aliphatic rings. The third-order valence-corrected chi connectivity index (χ3v) is 2.78. The lowest BCUT2D eigenvalue weighted by Crippen LogP contribution is -2.08. The second-order valence-electron chi connectivity index (χ2n) is 3.90. The van der Waals surface area contributed by atoms with Gasteiger partial charge in [0.05, 0.1) is 20.8 Å². The van der Waals surface area contributed by atoms with E-state index in [1.807, 2.05) is 6.07 Å². The molecule has 1 rings (SSSR count). The van der Waals surface area contributed by atoms with Crippen LogP contribution < -0.4 is 9.47 Å². The maximum absolute atomic E-state index is 11.7. The second kappa shape index (κ2) is 7.19. The van der Waals surface area contributed by atoms with Gasteiger partial charge in [0, 0.05) is 11.6 Å². The quantitative estimate of drug-likeness (QED) is 0.469. The van der Waals surface area contributed by atoms with Gasteiger partial charge >= 0.3 is 5.97 Å². The molecule has 1 aromatic rings. The molecule has 0 radical (unpaired) electrons. The van der Waals surface area contributed by atoms with E-state index in [1.165, 1.54) is 7.11 Å². The van der Waals surface area contributed by atoms with Crippen molar-refractivity contribution in [3.8, 4) is 17.6 Å². The van der Waals surface area contributed by atoms with Crippen molar-refractivity contribution in [3.05, 3.63) is 29.3 Å². The molecule has 0 saturated carbocycles. The molecule has 0 aliphatic heterocycles. The summed E-state index contributed by atoms with van der Waals surface area (Å²) < 4.78 is 15.3. The average molecular weight is 275 g/mol. The molecule has 0 saturated heterocycles. The molecule has 0 bridgehead atoms. The molecular formula is C15H17NO4. The summed E-state index contributed by atoms with van der Waals surface area (Å²) in [5, 5.41) is 9.14. The number of rotatable bonds is 5. The molecule has 5 nitrogen and oxygen atoms in total.